The Morgan fingerprint density at radius 1 is 1.00 bits per heavy atom. The standard InChI is InChI=1S/C24H18N2O2S/c1-16-8-2-3-10-18(16)15-28-21-13-7-4-9-17(21)14-22-23(27)26-20-12-6-5-11-19(20)25-24(26)29-22/h2-14H,15H2,1H3/b22-14-. The smallest absolute Gasteiger partial charge is 0.274 e. The van der Waals surface area contributed by atoms with E-state index in [0.29, 0.717) is 16.1 Å². The van der Waals surface area contributed by atoms with Gasteiger partial charge in [0.15, 0.2) is 4.96 Å². The SMILES string of the molecule is Cc1ccccc1COc1ccccc1/C=c1\sc2nc3ccccc3n2c1=O. The van der Waals surface area contributed by atoms with Crippen LogP contribution in [0, 0.1) is 6.92 Å². The number of hydrogen-bond donors (Lipinski definition) is 0. The molecule has 0 aliphatic rings. The van der Waals surface area contributed by atoms with Crippen LogP contribution in [0.5, 0.6) is 5.75 Å². The van der Waals surface area contributed by atoms with Crippen LogP contribution in [0.3, 0.4) is 0 Å². The van der Waals surface area contributed by atoms with Gasteiger partial charge >= 0.3 is 0 Å². The summed E-state index contributed by atoms with van der Waals surface area (Å²) in [5.74, 6) is 0.756. The van der Waals surface area contributed by atoms with E-state index in [0.717, 1.165) is 27.9 Å². The molecule has 0 radical (unpaired) electrons. The molecule has 2 heterocycles. The Morgan fingerprint density at radius 3 is 2.66 bits per heavy atom. The molecule has 0 unspecified atom stereocenters. The number of fused-ring (bicyclic) bond motifs is 3. The zero-order chi connectivity index (χ0) is 19.8. The number of aromatic nitrogens is 2. The molecule has 4 nitrogen and oxygen atoms in total. The van der Waals surface area contributed by atoms with Crippen LogP contribution in [0.15, 0.2) is 77.6 Å². The van der Waals surface area contributed by atoms with Gasteiger partial charge in [-0.15, -0.1) is 0 Å². The van der Waals surface area contributed by atoms with Crippen LogP contribution in [0.4, 0.5) is 0 Å². The Labute approximate surface area is 171 Å². The third kappa shape index (κ3) is 3.19. The second-order valence-corrected chi connectivity index (χ2v) is 7.90. The summed E-state index contributed by atoms with van der Waals surface area (Å²) in [5, 5.41) is 0. The highest BCUT2D eigenvalue weighted by atomic mass is 32.1. The fourth-order valence-corrected chi connectivity index (χ4v) is 4.39. The lowest BCUT2D eigenvalue weighted by Gasteiger charge is -2.10. The van der Waals surface area contributed by atoms with Gasteiger partial charge in [0.1, 0.15) is 12.4 Å². The number of nitrogens with zero attached hydrogens (tertiary/aromatic N) is 2. The second-order valence-electron chi connectivity index (χ2n) is 6.89. The molecule has 0 saturated carbocycles. The minimum absolute atomic E-state index is 0.0487. The van der Waals surface area contributed by atoms with Crippen LogP contribution >= 0.6 is 11.3 Å². The van der Waals surface area contributed by atoms with Gasteiger partial charge in [0.2, 0.25) is 0 Å². The first kappa shape index (κ1) is 17.6. The van der Waals surface area contributed by atoms with Crippen LogP contribution in [-0.4, -0.2) is 9.38 Å². The lowest BCUT2D eigenvalue weighted by Crippen LogP contribution is -2.22. The van der Waals surface area contributed by atoms with Gasteiger partial charge in [0.05, 0.1) is 15.6 Å². The number of rotatable bonds is 4. The van der Waals surface area contributed by atoms with E-state index >= 15 is 0 Å². The molecule has 0 N–H and O–H groups in total. The fraction of sp³-hybridized carbons (Fsp3) is 0.0833. The molecular formula is C24H18N2O2S. The highest BCUT2D eigenvalue weighted by Crippen LogP contribution is 2.21. The maximum Gasteiger partial charge on any atom is 0.274 e. The second kappa shape index (κ2) is 7.18. The Bertz CT molecular complexity index is 1450. The summed E-state index contributed by atoms with van der Waals surface area (Å²) in [6.45, 7) is 2.56. The molecule has 0 fully saturated rings. The van der Waals surface area contributed by atoms with Crippen molar-refractivity contribution in [3.05, 3.63) is 104 Å². The number of imidazole rings is 1. The minimum atomic E-state index is -0.0487. The lowest BCUT2D eigenvalue weighted by molar-refractivity contribution is 0.305. The molecule has 5 aromatic rings. The van der Waals surface area contributed by atoms with E-state index in [9.17, 15) is 4.79 Å². The van der Waals surface area contributed by atoms with E-state index in [1.54, 1.807) is 4.40 Å². The molecule has 3 aromatic carbocycles. The van der Waals surface area contributed by atoms with Crippen molar-refractivity contribution in [2.24, 2.45) is 0 Å². The van der Waals surface area contributed by atoms with E-state index in [2.05, 4.69) is 24.0 Å². The van der Waals surface area contributed by atoms with Gasteiger partial charge in [-0.25, -0.2) is 9.38 Å². The summed E-state index contributed by atoms with van der Waals surface area (Å²) in [6, 6.07) is 23.7. The number of para-hydroxylation sites is 3. The lowest BCUT2D eigenvalue weighted by atomic mass is 10.1. The predicted octanol–water partition coefficient (Wildman–Crippen LogP) is 4.34. The molecular weight excluding hydrogens is 380 g/mol. The molecule has 5 rings (SSSR count). The van der Waals surface area contributed by atoms with Crippen molar-refractivity contribution >= 4 is 33.4 Å². The maximum absolute atomic E-state index is 13.0. The maximum atomic E-state index is 13.0. The summed E-state index contributed by atoms with van der Waals surface area (Å²) < 4.78 is 8.42. The van der Waals surface area contributed by atoms with Crippen LogP contribution < -0.4 is 14.8 Å². The first-order valence-corrected chi connectivity index (χ1v) is 10.2. The number of ether oxygens (including phenoxy) is 1. The molecule has 29 heavy (non-hydrogen) atoms. The van der Waals surface area contributed by atoms with Crippen molar-refractivity contribution in [1.82, 2.24) is 9.38 Å². The average molecular weight is 398 g/mol. The number of aryl methyl sites for hydroxylation is 1. The van der Waals surface area contributed by atoms with Gasteiger partial charge in [-0.3, -0.25) is 4.79 Å². The van der Waals surface area contributed by atoms with Crippen LogP contribution in [0.25, 0.3) is 22.1 Å². The first-order chi connectivity index (χ1) is 14.2. The van der Waals surface area contributed by atoms with Crippen LogP contribution in [-0.2, 0) is 6.61 Å². The Hall–Kier alpha value is -3.44. The highest BCUT2D eigenvalue weighted by Gasteiger charge is 2.11. The molecule has 0 saturated heterocycles. The minimum Gasteiger partial charge on any atom is -0.488 e. The molecule has 0 aliphatic carbocycles. The normalized spacial score (nSPS) is 12.1. The fourth-order valence-electron chi connectivity index (χ4n) is 3.41. The largest absolute Gasteiger partial charge is 0.488 e. The van der Waals surface area contributed by atoms with Gasteiger partial charge < -0.3 is 4.74 Å². The van der Waals surface area contributed by atoms with E-state index in [-0.39, 0.29) is 5.56 Å². The average Bonchev–Trinajstić information content (AvgIpc) is 3.25. The Kier molecular flexibility index (Phi) is 4.37. The molecule has 0 bridgehead atoms. The van der Waals surface area contributed by atoms with E-state index in [1.165, 1.54) is 16.9 Å². The van der Waals surface area contributed by atoms with Crippen molar-refractivity contribution < 1.29 is 4.74 Å². The van der Waals surface area contributed by atoms with Gasteiger partial charge in [0, 0.05) is 5.56 Å². The van der Waals surface area contributed by atoms with Gasteiger partial charge in [-0.1, -0.05) is 65.9 Å². The van der Waals surface area contributed by atoms with E-state index < -0.39 is 0 Å². The number of benzene rings is 3. The van der Waals surface area contributed by atoms with Gasteiger partial charge in [-0.05, 0) is 42.3 Å². The topological polar surface area (TPSA) is 43.6 Å². The monoisotopic (exact) mass is 398 g/mol. The molecule has 2 aromatic heterocycles. The Balaban J connectivity index is 1.55. The summed E-state index contributed by atoms with van der Waals surface area (Å²) in [7, 11) is 0. The van der Waals surface area contributed by atoms with Crippen molar-refractivity contribution in [3.8, 4) is 5.75 Å². The third-order valence-corrected chi connectivity index (χ3v) is 5.96. The predicted molar refractivity (Wildman–Crippen MR) is 118 cm³/mol. The summed E-state index contributed by atoms with van der Waals surface area (Å²) >= 11 is 1.40. The summed E-state index contributed by atoms with van der Waals surface area (Å²) in [5.41, 5.74) is 4.85. The van der Waals surface area contributed by atoms with Gasteiger partial charge in [-0.2, -0.15) is 0 Å². The highest BCUT2D eigenvalue weighted by molar-refractivity contribution is 7.15. The summed E-state index contributed by atoms with van der Waals surface area (Å²) in [4.78, 5) is 18.3. The van der Waals surface area contributed by atoms with Crippen molar-refractivity contribution in [2.45, 2.75) is 13.5 Å². The molecule has 0 aliphatic heterocycles. The van der Waals surface area contributed by atoms with Crippen molar-refractivity contribution in [1.29, 1.82) is 0 Å². The quantitative estimate of drug-likeness (QED) is 0.452. The summed E-state index contributed by atoms with van der Waals surface area (Å²) in [6.07, 6.45) is 1.89. The molecule has 0 spiro atoms. The number of hydrogen-bond acceptors (Lipinski definition) is 4. The van der Waals surface area contributed by atoms with Crippen molar-refractivity contribution in [3.63, 3.8) is 0 Å². The van der Waals surface area contributed by atoms with Crippen LogP contribution in [0.1, 0.15) is 16.7 Å². The van der Waals surface area contributed by atoms with Crippen LogP contribution in [0.2, 0.25) is 0 Å². The first-order valence-electron chi connectivity index (χ1n) is 9.39. The van der Waals surface area contributed by atoms with Crippen molar-refractivity contribution in [2.75, 3.05) is 0 Å². The number of thiazole rings is 1. The van der Waals surface area contributed by atoms with E-state index in [1.807, 2.05) is 66.7 Å². The zero-order valence-electron chi connectivity index (χ0n) is 15.8. The van der Waals surface area contributed by atoms with E-state index in [4.69, 9.17) is 4.74 Å². The zero-order valence-corrected chi connectivity index (χ0v) is 16.6. The third-order valence-electron chi connectivity index (χ3n) is 5.00. The molecule has 5 heteroatoms. The van der Waals surface area contributed by atoms with Gasteiger partial charge in [0.25, 0.3) is 5.56 Å². The molecule has 142 valence electrons. The Morgan fingerprint density at radius 2 is 1.76 bits per heavy atom. The molecule has 0 amide bonds. The molecule has 0 atom stereocenters.